The van der Waals surface area contributed by atoms with E-state index in [0.717, 1.165) is 23.3 Å². The van der Waals surface area contributed by atoms with Gasteiger partial charge in [0.2, 0.25) is 0 Å². The molecule has 0 heterocycles. The molecule has 0 aromatic heterocycles. The van der Waals surface area contributed by atoms with Gasteiger partial charge in [0.25, 0.3) is 15.9 Å². The summed E-state index contributed by atoms with van der Waals surface area (Å²) in [7, 11) is -3.85. The van der Waals surface area contributed by atoms with E-state index in [4.69, 9.17) is 4.74 Å². The number of hydrogen-bond acceptors (Lipinski definition) is 4. The van der Waals surface area contributed by atoms with Crippen LogP contribution in [0.5, 0.6) is 5.75 Å². The normalized spacial score (nSPS) is 12.1. The van der Waals surface area contributed by atoms with Gasteiger partial charge in [-0.1, -0.05) is 12.1 Å². The SMILES string of the molecule is Cc1ccc(C)c(O[C@@H](C)C(=O)Nc2ccc(S(=O)(=O)Nc3ccc(F)cc3)cc2)c1. The minimum absolute atomic E-state index is 0.00880. The van der Waals surface area contributed by atoms with Crippen molar-refractivity contribution < 1.29 is 22.3 Å². The lowest BCUT2D eigenvalue weighted by molar-refractivity contribution is -0.122. The van der Waals surface area contributed by atoms with E-state index in [2.05, 4.69) is 10.0 Å². The minimum atomic E-state index is -3.85. The van der Waals surface area contributed by atoms with Crippen molar-refractivity contribution in [2.24, 2.45) is 0 Å². The van der Waals surface area contributed by atoms with Crippen LogP contribution in [0.4, 0.5) is 15.8 Å². The number of amides is 1. The Bertz CT molecular complexity index is 1180. The number of ether oxygens (including phenoxy) is 1. The molecule has 3 rings (SSSR count). The number of anilines is 2. The monoisotopic (exact) mass is 442 g/mol. The molecule has 1 atom stereocenters. The molecule has 1 amide bonds. The maximum Gasteiger partial charge on any atom is 0.265 e. The summed E-state index contributed by atoms with van der Waals surface area (Å²) in [6.07, 6.45) is -0.746. The first-order chi connectivity index (χ1) is 14.6. The van der Waals surface area contributed by atoms with Gasteiger partial charge in [-0.15, -0.1) is 0 Å². The smallest absolute Gasteiger partial charge is 0.265 e. The molecule has 0 saturated carbocycles. The van der Waals surface area contributed by atoms with Crippen LogP contribution >= 0.6 is 0 Å². The zero-order chi connectivity index (χ0) is 22.6. The second-order valence-electron chi connectivity index (χ2n) is 7.16. The summed E-state index contributed by atoms with van der Waals surface area (Å²) in [5.41, 5.74) is 2.63. The van der Waals surface area contributed by atoms with Crippen LogP contribution in [0.1, 0.15) is 18.1 Å². The fraction of sp³-hybridized carbons (Fsp3) is 0.174. The van der Waals surface area contributed by atoms with E-state index in [1.807, 2.05) is 32.0 Å². The molecule has 31 heavy (non-hydrogen) atoms. The lowest BCUT2D eigenvalue weighted by atomic mass is 10.1. The first-order valence-electron chi connectivity index (χ1n) is 9.57. The van der Waals surface area contributed by atoms with Crippen LogP contribution in [-0.2, 0) is 14.8 Å². The quantitative estimate of drug-likeness (QED) is 0.558. The Labute approximate surface area is 181 Å². The summed E-state index contributed by atoms with van der Waals surface area (Å²) >= 11 is 0. The second kappa shape index (κ2) is 9.18. The standard InChI is InChI=1S/C23H23FN2O4S/c1-15-4-5-16(2)22(14-15)30-17(3)23(27)25-19-10-12-21(13-11-19)31(28,29)26-20-8-6-18(24)7-9-20/h4-14,17,26H,1-3H3,(H,25,27)/t17-/m0/s1. The molecule has 0 bridgehead atoms. The maximum atomic E-state index is 13.0. The zero-order valence-electron chi connectivity index (χ0n) is 17.3. The van der Waals surface area contributed by atoms with Crippen LogP contribution in [0.25, 0.3) is 0 Å². The lowest BCUT2D eigenvalue weighted by Crippen LogP contribution is -2.30. The fourth-order valence-corrected chi connectivity index (χ4v) is 3.83. The molecule has 162 valence electrons. The van der Waals surface area contributed by atoms with Crippen LogP contribution in [0.2, 0.25) is 0 Å². The van der Waals surface area contributed by atoms with Crippen molar-refractivity contribution in [3.63, 3.8) is 0 Å². The van der Waals surface area contributed by atoms with Gasteiger partial charge in [0.15, 0.2) is 6.10 Å². The first kappa shape index (κ1) is 22.3. The molecular formula is C23H23FN2O4S. The van der Waals surface area contributed by atoms with E-state index in [1.54, 1.807) is 6.92 Å². The van der Waals surface area contributed by atoms with E-state index < -0.39 is 21.9 Å². The molecular weight excluding hydrogens is 419 g/mol. The highest BCUT2D eigenvalue weighted by atomic mass is 32.2. The molecule has 0 aliphatic rings. The molecule has 2 N–H and O–H groups in total. The number of halogens is 1. The van der Waals surface area contributed by atoms with E-state index >= 15 is 0 Å². The van der Waals surface area contributed by atoms with E-state index in [0.29, 0.717) is 11.4 Å². The summed E-state index contributed by atoms with van der Waals surface area (Å²) in [4.78, 5) is 12.5. The number of sulfonamides is 1. The van der Waals surface area contributed by atoms with E-state index in [9.17, 15) is 17.6 Å². The van der Waals surface area contributed by atoms with E-state index in [1.165, 1.54) is 36.4 Å². The third kappa shape index (κ3) is 5.82. The van der Waals surface area contributed by atoms with Crippen molar-refractivity contribution in [3.05, 3.63) is 83.7 Å². The highest BCUT2D eigenvalue weighted by Crippen LogP contribution is 2.22. The van der Waals surface area contributed by atoms with Gasteiger partial charge in [0.05, 0.1) is 4.90 Å². The Kier molecular flexibility index (Phi) is 6.60. The molecule has 0 saturated heterocycles. The molecule has 6 nitrogen and oxygen atoms in total. The molecule has 3 aromatic rings. The van der Waals surface area contributed by atoms with Crippen molar-refractivity contribution in [2.75, 3.05) is 10.0 Å². The fourth-order valence-electron chi connectivity index (χ4n) is 2.77. The molecule has 0 aliphatic heterocycles. The summed E-state index contributed by atoms with van der Waals surface area (Å²) in [5, 5.41) is 2.71. The average Bonchev–Trinajstić information content (AvgIpc) is 2.72. The Morgan fingerprint density at radius 2 is 1.55 bits per heavy atom. The molecule has 3 aromatic carbocycles. The summed E-state index contributed by atoms with van der Waals surface area (Å²) in [6.45, 7) is 5.48. The molecule has 0 spiro atoms. The van der Waals surface area contributed by atoms with Crippen molar-refractivity contribution in [3.8, 4) is 5.75 Å². The van der Waals surface area contributed by atoms with Crippen LogP contribution in [0, 0.1) is 19.7 Å². The Morgan fingerprint density at radius 3 is 2.19 bits per heavy atom. The first-order valence-corrected chi connectivity index (χ1v) is 11.1. The predicted molar refractivity (Wildman–Crippen MR) is 118 cm³/mol. The van der Waals surface area contributed by atoms with Gasteiger partial charge in [-0.2, -0.15) is 0 Å². The highest BCUT2D eigenvalue weighted by molar-refractivity contribution is 7.92. The summed E-state index contributed by atoms with van der Waals surface area (Å²) in [6, 6.07) is 16.5. The third-order valence-electron chi connectivity index (χ3n) is 4.55. The van der Waals surface area contributed by atoms with Crippen molar-refractivity contribution in [1.82, 2.24) is 0 Å². The molecule has 0 fully saturated rings. The lowest BCUT2D eigenvalue weighted by Gasteiger charge is -2.17. The molecule has 8 heteroatoms. The van der Waals surface area contributed by atoms with E-state index in [-0.39, 0.29) is 16.5 Å². The second-order valence-corrected chi connectivity index (χ2v) is 8.84. The van der Waals surface area contributed by atoms with Gasteiger partial charge in [-0.3, -0.25) is 9.52 Å². The zero-order valence-corrected chi connectivity index (χ0v) is 18.2. The highest BCUT2D eigenvalue weighted by Gasteiger charge is 2.18. The van der Waals surface area contributed by atoms with Crippen LogP contribution in [0.15, 0.2) is 71.6 Å². The van der Waals surface area contributed by atoms with Crippen molar-refractivity contribution in [1.29, 1.82) is 0 Å². The van der Waals surface area contributed by atoms with Crippen LogP contribution < -0.4 is 14.8 Å². The van der Waals surface area contributed by atoms with Crippen molar-refractivity contribution >= 4 is 27.3 Å². The molecule has 0 radical (unpaired) electrons. The number of rotatable bonds is 7. The van der Waals surface area contributed by atoms with Gasteiger partial charge in [-0.05, 0) is 86.5 Å². The van der Waals surface area contributed by atoms with Crippen LogP contribution in [0.3, 0.4) is 0 Å². The topological polar surface area (TPSA) is 84.5 Å². The van der Waals surface area contributed by atoms with Crippen LogP contribution in [-0.4, -0.2) is 20.4 Å². The molecule has 0 unspecified atom stereocenters. The van der Waals surface area contributed by atoms with Crippen molar-refractivity contribution in [2.45, 2.75) is 31.8 Å². The predicted octanol–water partition coefficient (Wildman–Crippen LogP) is 4.65. The van der Waals surface area contributed by atoms with Gasteiger partial charge < -0.3 is 10.1 Å². The minimum Gasteiger partial charge on any atom is -0.481 e. The third-order valence-corrected chi connectivity index (χ3v) is 5.94. The van der Waals surface area contributed by atoms with Gasteiger partial charge in [0, 0.05) is 11.4 Å². The molecule has 0 aliphatic carbocycles. The number of benzene rings is 3. The maximum absolute atomic E-state index is 13.0. The van der Waals surface area contributed by atoms with Gasteiger partial charge >= 0.3 is 0 Å². The Hall–Kier alpha value is -3.39. The number of carbonyl (C=O) groups excluding carboxylic acids is 1. The largest absolute Gasteiger partial charge is 0.481 e. The Balaban J connectivity index is 1.64. The number of aryl methyl sites for hydroxylation is 2. The van der Waals surface area contributed by atoms with Gasteiger partial charge in [0.1, 0.15) is 11.6 Å². The summed E-state index contributed by atoms with van der Waals surface area (Å²) in [5.74, 6) is -0.185. The number of nitrogens with one attached hydrogen (secondary N) is 2. The summed E-state index contributed by atoms with van der Waals surface area (Å²) < 4.78 is 46.1. The number of carbonyl (C=O) groups is 1. The Morgan fingerprint density at radius 1 is 0.935 bits per heavy atom. The van der Waals surface area contributed by atoms with Gasteiger partial charge in [-0.25, -0.2) is 12.8 Å². The average molecular weight is 443 g/mol. The number of hydrogen-bond donors (Lipinski definition) is 2.